The lowest BCUT2D eigenvalue weighted by molar-refractivity contribution is -0.106. The molecule has 158 valence electrons. The molecule has 3 aliphatic rings. The lowest BCUT2D eigenvalue weighted by Crippen LogP contribution is -2.68. The van der Waals surface area contributed by atoms with Crippen LogP contribution in [-0.2, 0) is 4.74 Å². The molecular formula is C21H35IN4O2. The molecule has 1 aromatic heterocycles. The van der Waals surface area contributed by atoms with Gasteiger partial charge in [-0.05, 0) is 51.4 Å². The van der Waals surface area contributed by atoms with Crippen molar-refractivity contribution in [2.45, 2.75) is 58.2 Å². The number of hydrogen-bond acceptors (Lipinski definition) is 4. The number of hydrogen-bond donors (Lipinski definition) is 2. The summed E-state index contributed by atoms with van der Waals surface area (Å²) in [5.74, 6) is 2.53. The summed E-state index contributed by atoms with van der Waals surface area (Å²) >= 11 is 0. The van der Waals surface area contributed by atoms with E-state index < -0.39 is 0 Å². The highest BCUT2D eigenvalue weighted by atomic mass is 127. The van der Waals surface area contributed by atoms with Gasteiger partial charge in [-0.15, -0.1) is 24.0 Å². The van der Waals surface area contributed by atoms with E-state index >= 15 is 0 Å². The minimum Gasteiger partial charge on any atom is -0.468 e. The molecule has 2 aliphatic heterocycles. The van der Waals surface area contributed by atoms with Crippen molar-refractivity contribution in [3.63, 3.8) is 0 Å². The van der Waals surface area contributed by atoms with Crippen LogP contribution < -0.4 is 10.6 Å². The van der Waals surface area contributed by atoms with Crippen LogP contribution in [0, 0.1) is 11.3 Å². The van der Waals surface area contributed by atoms with Gasteiger partial charge in [0.15, 0.2) is 5.96 Å². The van der Waals surface area contributed by atoms with E-state index in [9.17, 15) is 0 Å². The van der Waals surface area contributed by atoms with Crippen molar-refractivity contribution in [3.05, 3.63) is 24.2 Å². The van der Waals surface area contributed by atoms with Crippen LogP contribution in [0.5, 0.6) is 0 Å². The van der Waals surface area contributed by atoms with E-state index in [1.807, 2.05) is 6.07 Å². The highest BCUT2D eigenvalue weighted by Gasteiger charge is 2.59. The average molecular weight is 502 g/mol. The van der Waals surface area contributed by atoms with Crippen LogP contribution in [-0.4, -0.2) is 55.8 Å². The fourth-order valence-corrected chi connectivity index (χ4v) is 5.18. The van der Waals surface area contributed by atoms with Gasteiger partial charge in [0.1, 0.15) is 5.76 Å². The number of aliphatic imine (C=N–C) groups is 1. The van der Waals surface area contributed by atoms with Gasteiger partial charge in [-0.2, -0.15) is 0 Å². The molecule has 3 fully saturated rings. The molecule has 2 N–H and O–H groups in total. The van der Waals surface area contributed by atoms with Crippen LogP contribution in [0.15, 0.2) is 27.8 Å². The Morgan fingerprint density at radius 1 is 1.36 bits per heavy atom. The maximum absolute atomic E-state index is 5.93. The standard InChI is InChI=1S/C21H34N4O2.HI/c1-4-22-20(24-18-15-9-13-27-19(15)21(18,2)3)23-14-16(17-8-7-12-26-17)25-10-5-6-11-25;/h7-8,12,15-16,18-19H,4-6,9-11,13-14H2,1-3H3,(H2,22,23,24);1H. The summed E-state index contributed by atoms with van der Waals surface area (Å²) in [5.41, 5.74) is 0.146. The van der Waals surface area contributed by atoms with E-state index in [4.69, 9.17) is 14.1 Å². The number of likely N-dealkylation sites (tertiary alicyclic amines) is 1. The molecule has 0 amide bonds. The Balaban J connectivity index is 0.00000225. The van der Waals surface area contributed by atoms with Crippen molar-refractivity contribution < 1.29 is 9.15 Å². The summed E-state index contributed by atoms with van der Waals surface area (Å²) in [6.07, 6.45) is 5.83. The smallest absolute Gasteiger partial charge is 0.191 e. The van der Waals surface area contributed by atoms with Gasteiger partial charge in [-0.25, -0.2) is 0 Å². The van der Waals surface area contributed by atoms with Gasteiger partial charge in [-0.1, -0.05) is 13.8 Å². The lowest BCUT2D eigenvalue weighted by atomic mass is 9.57. The predicted molar refractivity (Wildman–Crippen MR) is 122 cm³/mol. The van der Waals surface area contributed by atoms with Gasteiger partial charge in [-0.3, -0.25) is 9.89 Å². The van der Waals surface area contributed by atoms with E-state index in [0.29, 0.717) is 24.6 Å². The van der Waals surface area contributed by atoms with Crippen LogP contribution in [0.4, 0.5) is 0 Å². The maximum atomic E-state index is 5.93. The first kappa shape index (κ1) is 21.9. The minimum atomic E-state index is 0. The summed E-state index contributed by atoms with van der Waals surface area (Å²) in [6, 6.07) is 4.68. The summed E-state index contributed by atoms with van der Waals surface area (Å²) < 4.78 is 11.7. The zero-order valence-electron chi connectivity index (χ0n) is 17.3. The summed E-state index contributed by atoms with van der Waals surface area (Å²) in [6.45, 7) is 11.4. The van der Waals surface area contributed by atoms with Crippen molar-refractivity contribution in [2.75, 3.05) is 32.8 Å². The van der Waals surface area contributed by atoms with Gasteiger partial charge in [0.05, 0.1) is 25.0 Å². The Morgan fingerprint density at radius 3 is 2.82 bits per heavy atom. The summed E-state index contributed by atoms with van der Waals surface area (Å²) in [4.78, 5) is 7.47. The van der Waals surface area contributed by atoms with Crippen molar-refractivity contribution in [2.24, 2.45) is 16.3 Å². The first-order valence-corrected chi connectivity index (χ1v) is 10.5. The van der Waals surface area contributed by atoms with Crippen molar-refractivity contribution >= 4 is 29.9 Å². The molecule has 6 nitrogen and oxygen atoms in total. The third-order valence-corrected chi connectivity index (χ3v) is 6.61. The van der Waals surface area contributed by atoms with E-state index in [1.165, 1.54) is 12.8 Å². The molecule has 1 aromatic rings. The molecule has 1 aliphatic carbocycles. The Bertz CT molecular complexity index is 643. The second-order valence-electron chi connectivity index (χ2n) is 8.68. The summed E-state index contributed by atoms with van der Waals surface area (Å²) in [5, 5.41) is 7.16. The normalized spacial score (nSPS) is 30.2. The number of furan rings is 1. The number of halogens is 1. The van der Waals surface area contributed by atoms with Crippen LogP contribution in [0.25, 0.3) is 0 Å². The van der Waals surface area contributed by atoms with E-state index in [1.54, 1.807) is 6.26 Å². The summed E-state index contributed by atoms with van der Waals surface area (Å²) in [7, 11) is 0. The Labute approximate surface area is 185 Å². The van der Waals surface area contributed by atoms with E-state index in [-0.39, 0.29) is 35.4 Å². The van der Waals surface area contributed by atoms with E-state index in [0.717, 1.165) is 44.4 Å². The second-order valence-corrected chi connectivity index (χ2v) is 8.68. The predicted octanol–water partition coefficient (Wildman–Crippen LogP) is 3.40. The molecule has 28 heavy (non-hydrogen) atoms. The van der Waals surface area contributed by atoms with Crippen molar-refractivity contribution in [1.29, 1.82) is 0 Å². The van der Waals surface area contributed by atoms with Gasteiger partial charge in [0, 0.05) is 30.5 Å². The lowest BCUT2D eigenvalue weighted by Gasteiger charge is -2.55. The highest BCUT2D eigenvalue weighted by molar-refractivity contribution is 14.0. The van der Waals surface area contributed by atoms with Gasteiger partial charge in [0.2, 0.25) is 0 Å². The highest BCUT2D eigenvalue weighted by Crippen LogP contribution is 2.52. The number of fused-ring (bicyclic) bond motifs is 1. The molecule has 4 atom stereocenters. The zero-order valence-corrected chi connectivity index (χ0v) is 19.6. The van der Waals surface area contributed by atoms with Crippen LogP contribution >= 0.6 is 24.0 Å². The molecule has 0 bridgehead atoms. The molecule has 1 saturated carbocycles. The number of nitrogens with one attached hydrogen (secondary N) is 2. The van der Waals surface area contributed by atoms with Gasteiger partial charge in [0.25, 0.3) is 0 Å². The molecule has 0 aromatic carbocycles. The third-order valence-electron chi connectivity index (χ3n) is 6.61. The minimum absolute atomic E-state index is 0. The number of nitrogens with zero attached hydrogens (tertiary/aromatic N) is 2. The van der Waals surface area contributed by atoms with Crippen LogP contribution in [0.3, 0.4) is 0 Å². The largest absolute Gasteiger partial charge is 0.468 e. The SMILES string of the molecule is CCNC(=NCC(c1ccco1)N1CCCC1)NC1C2CCOC2C1(C)C.I. The maximum Gasteiger partial charge on any atom is 0.191 e. The number of guanidine groups is 1. The second kappa shape index (κ2) is 9.34. The topological polar surface area (TPSA) is 62.0 Å². The first-order chi connectivity index (χ1) is 13.1. The molecule has 3 heterocycles. The average Bonchev–Trinajstić information content (AvgIpc) is 3.41. The van der Waals surface area contributed by atoms with E-state index in [2.05, 4.69) is 42.4 Å². The Morgan fingerprint density at radius 2 is 2.14 bits per heavy atom. The number of rotatable bonds is 6. The zero-order chi connectivity index (χ0) is 18.9. The molecule has 4 rings (SSSR count). The Kier molecular flexibility index (Phi) is 7.31. The molecule has 2 saturated heterocycles. The first-order valence-electron chi connectivity index (χ1n) is 10.5. The third kappa shape index (κ3) is 4.21. The monoisotopic (exact) mass is 502 g/mol. The fraction of sp³-hybridized carbons (Fsp3) is 0.762. The van der Waals surface area contributed by atoms with Crippen molar-refractivity contribution in [1.82, 2.24) is 15.5 Å². The van der Waals surface area contributed by atoms with Gasteiger partial charge < -0.3 is 19.8 Å². The fourth-order valence-electron chi connectivity index (χ4n) is 5.18. The van der Waals surface area contributed by atoms with Crippen LogP contribution in [0.1, 0.15) is 51.8 Å². The molecule has 7 heteroatoms. The number of ether oxygens (including phenoxy) is 1. The molecule has 0 radical (unpaired) electrons. The quantitative estimate of drug-likeness (QED) is 0.355. The van der Waals surface area contributed by atoms with Gasteiger partial charge >= 0.3 is 0 Å². The molecular weight excluding hydrogens is 467 g/mol. The van der Waals surface area contributed by atoms with Crippen LogP contribution in [0.2, 0.25) is 0 Å². The molecule has 0 spiro atoms. The molecule has 4 unspecified atom stereocenters. The van der Waals surface area contributed by atoms with Crippen molar-refractivity contribution in [3.8, 4) is 0 Å². The Hall–Kier alpha value is -0.800.